The summed E-state index contributed by atoms with van der Waals surface area (Å²) in [6.45, 7) is 5.57. The van der Waals surface area contributed by atoms with Crippen LogP contribution in [0, 0.1) is 5.41 Å². The molecule has 3 aromatic carbocycles. The second-order valence-electron chi connectivity index (χ2n) is 11.5. The van der Waals surface area contributed by atoms with Crippen LogP contribution in [-0.4, -0.2) is 66.4 Å². The van der Waals surface area contributed by atoms with Crippen molar-refractivity contribution in [1.29, 1.82) is 0 Å². The van der Waals surface area contributed by atoms with E-state index in [0.717, 1.165) is 10.5 Å². The van der Waals surface area contributed by atoms with Crippen LogP contribution < -0.4 is 9.47 Å². The number of benzene rings is 3. The molecule has 228 valence electrons. The molecule has 9 nitrogen and oxygen atoms in total. The van der Waals surface area contributed by atoms with Gasteiger partial charge in [0.2, 0.25) is 5.91 Å². The number of hydrogen-bond acceptors (Lipinski definition) is 6. The van der Waals surface area contributed by atoms with Gasteiger partial charge in [-0.2, -0.15) is 0 Å². The van der Waals surface area contributed by atoms with Gasteiger partial charge in [0.1, 0.15) is 18.1 Å². The lowest BCUT2D eigenvalue weighted by molar-refractivity contribution is -0.131. The molecule has 4 rings (SSSR count). The molecule has 1 fully saturated rings. The summed E-state index contributed by atoms with van der Waals surface area (Å²) >= 11 is 6.17. The molecule has 3 amide bonds. The van der Waals surface area contributed by atoms with Crippen LogP contribution in [0.5, 0.6) is 11.5 Å². The predicted octanol–water partition coefficient (Wildman–Crippen LogP) is 6.80. The maximum absolute atomic E-state index is 14.3. The fourth-order valence-electron chi connectivity index (χ4n) is 5.59. The molecule has 1 N–H and O–H groups in total. The lowest BCUT2D eigenvalue weighted by atomic mass is 9.80. The van der Waals surface area contributed by atoms with E-state index in [0.29, 0.717) is 34.1 Å². The molecule has 0 bridgehead atoms. The molecule has 1 aliphatic rings. The molecule has 0 radical (unpaired) electrons. The van der Waals surface area contributed by atoms with Gasteiger partial charge in [0, 0.05) is 23.2 Å². The number of carbonyl (C=O) groups is 3. The van der Waals surface area contributed by atoms with E-state index in [9.17, 15) is 19.5 Å². The molecule has 0 aliphatic carbocycles. The van der Waals surface area contributed by atoms with Crippen molar-refractivity contribution in [3.8, 4) is 11.5 Å². The van der Waals surface area contributed by atoms with Crippen LogP contribution in [0.15, 0.2) is 72.8 Å². The summed E-state index contributed by atoms with van der Waals surface area (Å²) in [7, 11) is 3.05. The number of methoxy groups -OCH3 is 2. The first-order valence-electron chi connectivity index (χ1n) is 13.9. The molecule has 1 unspecified atom stereocenters. The van der Waals surface area contributed by atoms with Crippen molar-refractivity contribution in [2.24, 2.45) is 5.41 Å². The summed E-state index contributed by atoms with van der Waals surface area (Å²) in [5.74, 6) is -0.579. The Hall–Kier alpha value is -4.24. The molecular formula is C33H37ClN2O7. The highest BCUT2D eigenvalue weighted by Crippen LogP contribution is 2.44. The number of ether oxygens (including phenoxy) is 3. The summed E-state index contributed by atoms with van der Waals surface area (Å²) in [5.41, 5.74) is 1.45. The molecule has 43 heavy (non-hydrogen) atoms. The van der Waals surface area contributed by atoms with Gasteiger partial charge in [0.15, 0.2) is 0 Å². The minimum atomic E-state index is -1.23. The Morgan fingerprint density at radius 3 is 2.30 bits per heavy atom. The van der Waals surface area contributed by atoms with Crippen LogP contribution >= 0.6 is 11.6 Å². The zero-order valence-electron chi connectivity index (χ0n) is 25.0. The average molecular weight is 609 g/mol. The first-order valence-corrected chi connectivity index (χ1v) is 14.3. The van der Waals surface area contributed by atoms with E-state index in [2.05, 4.69) is 0 Å². The van der Waals surface area contributed by atoms with Crippen molar-refractivity contribution < 1.29 is 33.7 Å². The minimum absolute atomic E-state index is 0.0448. The van der Waals surface area contributed by atoms with Crippen LogP contribution in [0.25, 0.3) is 0 Å². The Balaban J connectivity index is 1.78. The molecule has 1 saturated heterocycles. The molecule has 0 aromatic heterocycles. The van der Waals surface area contributed by atoms with E-state index in [-0.39, 0.29) is 13.2 Å². The average Bonchev–Trinajstić information content (AvgIpc) is 3.34. The number of rotatable bonds is 10. The first kappa shape index (κ1) is 31.7. The molecule has 3 aromatic rings. The van der Waals surface area contributed by atoms with Crippen LogP contribution in [-0.2, 0) is 16.0 Å². The van der Waals surface area contributed by atoms with Crippen LogP contribution in [0.2, 0.25) is 5.02 Å². The first-order chi connectivity index (χ1) is 20.4. The third-order valence-electron chi connectivity index (χ3n) is 7.58. The monoisotopic (exact) mass is 608 g/mol. The number of amides is 3. The van der Waals surface area contributed by atoms with Gasteiger partial charge >= 0.3 is 12.2 Å². The summed E-state index contributed by atoms with van der Waals surface area (Å²) in [6.07, 6.45) is -1.58. The number of imide groups is 1. The van der Waals surface area contributed by atoms with Crippen LogP contribution in [0.1, 0.15) is 49.4 Å². The Labute approximate surface area is 256 Å². The summed E-state index contributed by atoms with van der Waals surface area (Å²) < 4.78 is 16.4. The SMILES string of the molecule is COc1ccc(C(N(C[C@@H](C(=O)N2C(=O)OC[C@H]2Cc2ccccc2)c2ccc(Cl)cc2)C(=O)O)C(C)(C)C)c(OC)c1. The molecule has 1 aliphatic heterocycles. The number of carboxylic acid groups (broad SMARTS) is 1. The number of cyclic esters (lactones) is 1. The van der Waals surface area contributed by atoms with Gasteiger partial charge < -0.3 is 19.3 Å². The van der Waals surface area contributed by atoms with Crippen molar-refractivity contribution in [3.05, 3.63) is 94.5 Å². The zero-order valence-corrected chi connectivity index (χ0v) is 25.7. The Bertz CT molecular complexity index is 1440. The smallest absolute Gasteiger partial charge is 0.417 e. The van der Waals surface area contributed by atoms with Crippen molar-refractivity contribution >= 4 is 29.7 Å². The zero-order chi connectivity index (χ0) is 31.3. The Morgan fingerprint density at radius 2 is 1.72 bits per heavy atom. The van der Waals surface area contributed by atoms with Gasteiger partial charge in [-0.1, -0.05) is 74.8 Å². The second kappa shape index (κ2) is 13.4. The Morgan fingerprint density at radius 1 is 1.05 bits per heavy atom. The maximum Gasteiger partial charge on any atom is 0.417 e. The highest BCUT2D eigenvalue weighted by atomic mass is 35.5. The number of hydrogen-bond donors (Lipinski definition) is 1. The molecule has 0 spiro atoms. The summed E-state index contributed by atoms with van der Waals surface area (Å²) in [6, 6.07) is 20.1. The predicted molar refractivity (Wildman–Crippen MR) is 163 cm³/mol. The molecular weight excluding hydrogens is 572 g/mol. The number of carbonyl (C=O) groups excluding carboxylic acids is 2. The summed E-state index contributed by atoms with van der Waals surface area (Å²) in [5, 5.41) is 11.1. The van der Waals surface area contributed by atoms with E-state index < -0.39 is 41.5 Å². The molecule has 0 saturated carbocycles. The lowest BCUT2D eigenvalue weighted by Crippen LogP contribution is -2.48. The van der Waals surface area contributed by atoms with Crippen molar-refractivity contribution in [2.75, 3.05) is 27.4 Å². The fourth-order valence-corrected chi connectivity index (χ4v) is 5.72. The van der Waals surface area contributed by atoms with E-state index in [1.807, 2.05) is 51.1 Å². The second-order valence-corrected chi connectivity index (χ2v) is 12.0. The maximum atomic E-state index is 14.3. The highest BCUT2D eigenvalue weighted by Gasteiger charge is 2.44. The number of nitrogens with zero attached hydrogens (tertiary/aromatic N) is 2. The van der Waals surface area contributed by atoms with Gasteiger partial charge in [0.25, 0.3) is 0 Å². The van der Waals surface area contributed by atoms with E-state index in [1.165, 1.54) is 19.1 Å². The minimum Gasteiger partial charge on any atom is -0.497 e. The van der Waals surface area contributed by atoms with Gasteiger partial charge in [-0.25, -0.2) is 14.5 Å². The third kappa shape index (κ3) is 7.22. The normalized spacial score (nSPS) is 16.3. The van der Waals surface area contributed by atoms with E-state index >= 15 is 0 Å². The van der Waals surface area contributed by atoms with Crippen molar-refractivity contribution in [1.82, 2.24) is 9.80 Å². The van der Waals surface area contributed by atoms with Gasteiger partial charge in [-0.05, 0) is 47.2 Å². The Kier molecular flexibility index (Phi) is 9.86. The quantitative estimate of drug-likeness (QED) is 0.270. The summed E-state index contributed by atoms with van der Waals surface area (Å²) in [4.78, 5) is 42.8. The van der Waals surface area contributed by atoms with Crippen LogP contribution in [0.4, 0.5) is 9.59 Å². The highest BCUT2D eigenvalue weighted by molar-refractivity contribution is 6.30. The molecule has 1 heterocycles. The lowest BCUT2D eigenvalue weighted by Gasteiger charge is -2.41. The van der Waals surface area contributed by atoms with Gasteiger partial charge in [-0.3, -0.25) is 9.69 Å². The number of halogens is 1. The van der Waals surface area contributed by atoms with Gasteiger partial charge in [0.05, 0.1) is 32.2 Å². The molecule has 3 atom stereocenters. The largest absolute Gasteiger partial charge is 0.497 e. The fraction of sp³-hybridized carbons (Fsp3) is 0.364. The third-order valence-corrected chi connectivity index (χ3v) is 7.83. The topological polar surface area (TPSA) is 106 Å². The van der Waals surface area contributed by atoms with Gasteiger partial charge in [-0.15, -0.1) is 0 Å². The van der Waals surface area contributed by atoms with E-state index in [1.54, 1.807) is 42.5 Å². The van der Waals surface area contributed by atoms with E-state index in [4.69, 9.17) is 25.8 Å². The standard InChI is InChI=1S/C33H37ClN2O7/c1-33(2,3)29(26-16-15-25(41-4)18-28(26)42-5)35(31(38)39)19-27(22-11-13-23(34)14-12-22)30(37)36-24(20-43-32(36)40)17-21-9-7-6-8-10-21/h6-16,18,24,27,29H,17,19-20H2,1-5H3,(H,38,39)/t24-,27-,29?/m1/s1. The molecule has 10 heteroatoms. The van der Waals surface area contributed by atoms with Crippen molar-refractivity contribution in [3.63, 3.8) is 0 Å². The van der Waals surface area contributed by atoms with Crippen molar-refractivity contribution in [2.45, 2.75) is 45.2 Å². The van der Waals surface area contributed by atoms with Crippen LogP contribution in [0.3, 0.4) is 0 Å².